The number of halogens is 2. The lowest BCUT2D eigenvalue weighted by atomic mass is 10.1. The first kappa shape index (κ1) is 15.9. The van der Waals surface area contributed by atoms with Crippen LogP contribution in [0, 0.1) is 18.6 Å². The lowest BCUT2D eigenvalue weighted by Gasteiger charge is -2.09. The highest BCUT2D eigenvalue weighted by atomic mass is 32.1. The number of aromatic carboxylic acids is 1. The minimum atomic E-state index is -1.21. The Labute approximate surface area is 128 Å². The van der Waals surface area contributed by atoms with Gasteiger partial charge < -0.3 is 15.2 Å². The number of aryl methyl sites for hydroxylation is 1. The first-order chi connectivity index (χ1) is 10.3. The third kappa shape index (κ3) is 2.91. The molecule has 116 valence electrons. The van der Waals surface area contributed by atoms with Crippen molar-refractivity contribution in [3.8, 4) is 5.75 Å². The van der Waals surface area contributed by atoms with Gasteiger partial charge in [-0.15, -0.1) is 11.3 Å². The lowest BCUT2D eigenvalue weighted by Crippen LogP contribution is -2.16. The number of ether oxygens (including phenoxy) is 1. The molecule has 8 heteroatoms. The van der Waals surface area contributed by atoms with Gasteiger partial charge in [-0.1, -0.05) is 0 Å². The molecule has 1 aromatic carbocycles. The number of hydrogen-bond acceptors (Lipinski definition) is 4. The zero-order valence-electron chi connectivity index (χ0n) is 11.6. The van der Waals surface area contributed by atoms with Gasteiger partial charge in [0.1, 0.15) is 10.7 Å². The maximum atomic E-state index is 13.8. The van der Waals surface area contributed by atoms with Crippen molar-refractivity contribution < 1.29 is 28.2 Å². The van der Waals surface area contributed by atoms with Crippen molar-refractivity contribution in [2.24, 2.45) is 0 Å². The molecule has 22 heavy (non-hydrogen) atoms. The molecular formula is C14H11F2NO4S. The summed E-state index contributed by atoms with van der Waals surface area (Å²) in [6.07, 6.45) is 0. The summed E-state index contributed by atoms with van der Waals surface area (Å²) in [7, 11) is 1.17. The predicted octanol–water partition coefficient (Wildman–Crippen LogP) is 3.29. The average Bonchev–Trinajstić information content (AvgIpc) is 2.82. The molecule has 2 rings (SSSR count). The molecule has 0 unspecified atom stereocenters. The van der Waals surface area contributed by atoms with Crippen LogP contribution in [0.5, 0.6) is 5.75 Å². The van der Waals surface area contributed by atoms with Crippen LogP contribution in [0.25, 0.3) is 0 Å². The topological polar surface area (TPSA) is 75.6 Å². The number of carboxylic acid groups (broad SMARTS) is 1. The molecule has 5 nitrogen and oxygen atoms in total. The zero-order valence-corrected chi connectivity index (χ0v) is 12.4. The fourth-order valence-corrected chi connectivity index (χ4v) is 2.64. The molecule has 1 heterocycles. The van der Waals surface area contributed by atoms with Gasteiger partial charge in [-0.25, -0.2) is 13.6 Å². The van der Waals surface area contributed by atoms with Gasteiger partial charge in [0.15, 0.2) is 11.6 Å². The van der Waals surface area contributed by atoms with E-state index < -0.39 is 29.1 Å². The second kappa shape index (κ2) is 6.10. The summed E-state index contributed by atoms with van der Waals surface area (Å²) in [4.78, 5) is 23.0. The van der Waals surface area contributed by atoms with E-state index >= 15 is 0 Å². The predicted molar refractivity (Wildman–Crippen MR) is 76.9 cm³/mol. The van der Waals surface area contributed by atoms with E-state index in [0.29, 0.717) is 11.6 Å². The molecular weight excluding hydrogens is 316 g/mol. The Morgan fingerprint density at radius 2 is 1.95 bits per heavy atom. The van der Waals surface area contributed by atoms with Crippen LogP contribution >= 0.6 is 11.3 Å². The van der Waals surface area contributed by atoms with Gasteiger partial charge >= 0.3 is 5.97 Å². The molecule has 0 bridgehead atoms. The van der Waals surface area contributed by atoms with E-state index in [0.717, 1.165) is 17.4 Å². The van der Waals surface area contributed by atoms with Crippen LogP contribution in [0.1, 0.15) is 25.6 Å². The van der Waals surface area contributed by atoms with Crippen LogP contribution in [0.15, 0.2) is 17.5 Å². The van der Waals surface area contributed by atoms with Crippen LogP contribution in [-0.4, -0.2) is 24.1 Å². The van der Waals surface area contributed by atoms with Gasteiger partial charge in [0.05, 0.1) is 18.4 Å². The summed E-state index contributed by atoms with van der Waals surface area (Å²) in [5.41, 5.74) is 0.0449. The highest BCUT2D eigenvalue weighted by Gasteiger charge is 2.21. The Kier molecular flexibility index (Phi) is 4.41. The maximum Gasteiger partial charge on any atom is 0.348 e. The van der Waals surface area contributed by atoms with Crippen molar-refractivity contribution in [1.82, 2.24) is 0 Å². The molecule has 0 fully saturated rings. The number of rotatable bonds is 4. The molecule has 2 N–H and O–H groups in total. The number of thiophene rings is 1. The number of carbonyl (C=O) groups is 2. The fraction of sp³-hybridized carbons (Fsp3) is 0.143. The van der Waals surface area contributed by atoms with Gasteiger partial charge in [0.2, 0.25) is 0 Å². The molecule has 0 atom stereocenters. The van der Waals surface area contributed by atoms with Gasteiger partial charge in [0.25, 0.3) is 5.91 Å². The Morgan fingerprint density at radius 1 is 1.27 bits per heavy atom. The van der Waals surface area contributed by atoms with Crippen LogP contribution < -0.4 is 10.1 Å². The summed E-state index contributed by atoms with van der Waals surface area (Å²) in [6, 6.07) is 1.45. The quantitative estimate of drug-likeness (QED) is 0.903. The van der Waals surface area contributed by atoms with Crippen LogP contribution in [-0.2, 0) is 0 Å². The lowest BCUT2D eigenvalue weighted by molar-refractivity contribution is 0.0703. The van der Waals surface area contributed by atoms with E-state index in [2.05, 4.69) is 10.1 Å². The molecule has 0 aliphatic rings. The van der Waals surface area contributed by atoms with E-state index in [-0.39, 0.29) is 16.3 Å². The standard InChI is InChI=1S/C14H11F2NO4S/c1-6-5-22-12(14(19)20)11(6)17-13(18)7-3-9(16)10(21-2)4-8(7)15/h3-5H,1-2H3,(H,17,18)(H,19,20). The van der Waals surface area contributed by atoms with Crippen molar-refractivity contribution in [2.45, 2.75) is 6.92 Å². The number of carbonyl (C=O) groups excluding carboxylic acids is 1. The van der Waals surface area contributed by atoms with Gasteiger partial charge in [-0.2, -0.15) is 0 Å². The van der Waals surface area contributed by atoms with E-state index in [4.69, 9.17) is 5.11 Å². The van der Waals surface area contributed by atoms with Gasteiger partial charge in [0, 0.05) is 6.07 Å². The minimum Gasteiger partial charge on any atom is -0.494 e. The molecule has 0 saturated heterocycles. The Hall–Kier alpha value is -2.48. The van der Waals surface area contributed by atoms with Crippen molar-refractivity contribution in [1.29, 1.82) is 0 Å². The summed E-state index contributed by atoms with van der Waals surface area (Å²) < 4.78 is 32.0. The molecule has 1 aromatic heterocycles. The second-order valence-electron chi connectivity index (χ2n) is 4.35. The SMILES string of the molecule is COc1cc(F)c(C(=O)Nc2c(C)csc2C(=O)O)cc1F. The Morgan fingerprint density at radius 3 is 2.55 bits per heavy atom. The summed E-state index contributed by atoms with van der Waals surface area (Å²) in [5.74, 6) is -4.35. The van der Waals surface area contributed by atoms with Crippen LogP contribution in [0.2, 0.25) is 0 Å². The summed E-state index contributed by atoms with van der Waals surface area (Å²) in [5, 5.41) is 12.9. The zero-order chi connectivity index (χ0) is 16.4. The minimum absolute atomic E-state index is 0.0677. The summed E-state index contributed by atoms with van der Waals surface area (Å²) >= 11 is 0.933. The molecule has 2 aromatic rings. The average molecular weight is 327 g/mol. The van der Waals surface area contributed by atoms with Crippen molar-refractivity contribution >= 4 is 28.9 Å². The highest BCUT2D eigenvalue weighted by molar-refractivity contribution is 7.12. The Balaban J connectivity index is 2.36. The highest BCUT2D eigenvalue weighted by Crippen LogP contribution is 2.29. The molecule has 0 spiro atoms. The molecule has 0 aliphatic carbocycles. The number of benzene rings is 1. The van der Waals surface area contributed by atoms with E-state index in [1.807, 2.05) is 0 Å². The maximum absolute atomic E-state index is 13.8. The Bertz CT molecular complexity index is 758. The third-order valence-corrected chi connectivity index (χ3v) is 3.98. The van der Waals surface area contributed by atoms with Crippen molar-refractivity contribution in [3.63, 3.8) is 0 Å². The largest absolute Gasteiger partial charge is 0.494 e. The molecule has 0 aliphatic heterocycles. The van der Waals surface area contributed by atoms with Crippen molar-refractivity contribution in [2.75, 3.05) is 12.4 Å². The number of anilines is 1. The number of methoxy groups -OCH3 is 1. The third-order valence-electron chi connectivity index (χ3n) is 2.89. The fourth-order valence-electron chi connectivity index (χ4n) is 1.80. The molecule has 0 saturated carbocycles. The first-order valence-corrected chi connectivity index (χ1v) is 6.89. The number of nitrogens with one attached hydrogen (secondary N) is 1. The monoisotopic (exact) mass is 327 g/mol. The normalized spacial score (nSPS) is 10.4. The summed E-state index contributed by atoms with van der Waals surface area (Å²) in [6.45, 7) is 1.60. The van der Waals surface area contributed by atoms with Gasteiger partial charge in [-0.05, 0) is 23.9 Å². The smallest absolute Gasteiger partial charge is 0.348 e. The number of amides is 1. The van der Waals surface area contributed by atoms with E-state index in [1.54, 1.807) is 12.3 Å². The van der Waals surface area contributed by atoms with Crippen LogP contribution in [0.3, 0.4) is 0 Å². The van der Waals surface area contributed by atoms with E-state index in [1.165, 1.54) is 7.11 Å². The first-order valence-electron chi connectivity index (χ1n) is 6.01. The number of carboxylic acids is 1. The van der Waals surface area contributed by atoms with Crippen molar-refractivity contribution in [3.05, 3.63) is 45.2 Å². The number of hydrogen-bond donors (Lipinski definition) is 2. The molecule has 1 amide bonds. The van der Waals surface area contributed by atoms with E-state index in [9.17, 15) is 18.4 Å². The second-order valence-corrected chi connectivity index (χ2v) is 5.23. The van der Waals surface area contributed by atoms with Crippen LogP contribution in [0.4, 0.5) is 14.5 Å². The van der Waals surface area contributed by atoms with Gasteiger partial charge in [-0.3, -0.25) is 4.79 Å². The molecule has 0 radical (unpaired) electrons.